The van der Waals surface area contributed by atoms with Crippen LogP contribution in [0, 0.1) is 0 Å². The molecule has 0 aliphatic rings. The van der Waals surface area contributed by atoms with Gasteiger partial charge in [0.25, 0.3) is 0 Å². The lowest BCUT2D eigenvalue weighted by molar-refractivity contribution is -0.123. The van der Waals surface area contributed by atoms with Crippen LogP contribution in [-0.2, 0) is 4.79 Å². The molecule has 0 spiro atoms. The molecular weight excluding hydrogens is 150 g/mol. The fraction of sp³-hybridized carbons (Fsp3) is 0.857. The standard InChI is InChI=1S/C7H14B2N2O/c1-10-6-4-2-3-5-7(12)11(8)9/h10H,2-6H2,1H3. The quantitative estimate of drug-likeness (QED) is 0.433. The Morgan fingerprint density at radius 2 is 2.00 bits per heavy atom. The van der Waals surface area contributed by atoms with E-state index in [-0.39, 0.29) is 5.91 Å². The Hall–Kier alpha value is -0.440. The molecule has 12 heavy (non-hydrogen) atoms. The van der Waals surface area contributed by atoms with Crippen LogP contribution < -0.4 is 5.32 Å². The number of carbonyl (C=O) groups is 1. The van der Waals surface area contributed by atoms with Crippen LogP contribution >= 0.6 is 0 Å². The molecule has 1 amide bonds. The van der Waals surface area contributed by atoms with E-state index in [4.69, 9.17) is 16.0 Å². The minimum Gasteiger partial charge on any atom is -0.449 e. The summed E-state index contributed by atoms with van der Waals surface area (Å²) in [5, 5.41) is 3.03. The Balaban J connectivity index is 3.14. The van der Waals surface area contributed by atoms with E-state index < -0.39 is 0 Å². The van der Waals surface area contributed by atoms with Gasteiger partial charge in [0.05, 0.1) is 0 Å². The molecule has 64 valence electrons. The molecule has 0 aromatic rings. The third-order valence-corrected chi connectivity index (χ3v) is 1.61. The average Bonchev–Trinajstić information content (AvgIpc) is 2.03. The summed E-state index contributed by atoms with van der Waals surface area (Å²) in [4.78, 5) is 10.8. The Labute approximate surface area is 76.7 Å². The summed E-state index contributed by atoms with van der Waals surface area (Å²) in [6.45, 7) is 0.989. The van der Waals surface area contributed by atoms with E-state index >= 15 is 0 Å². The van der Waals surface area contributed by atoms with Crippen molar-refractivity contribution < 1.29 is 4.79 Å². The van der Waals surface area contributed by atoms with Crippen LogP contribution in [0.4, 0.5) is 0 Å². The highest BCUT2D eigenvalue weighted by molar-refractivity contribution is 6.33. The smallest absolute Gasteiger partial charge is 0.211 e. The molecule has 1 N–H and O–H groups in total. The van der Waals surface area contributed by atoms with E-state index in [2.05, 4.69) is 5.32 Å². The predicted octanol–water partition coefficient (Wildman–Crippen LogP) is -0.238. The van der Waals surface area contributed by atoms with Crippen molar-refractivity contribution >= 4 is 21.9 Å². The molecular formula is C7H14B2N2O. The molecule has 0 unspecified atom stereocenters. The highest BCUT2D eigenvalue weighted by Gasteiger charge is 2.01. The molecule has 5 heteroatoms. The maximum Gasteiger partial charge on any atom is 0.211 e. The van der Waals surface area contributed by atoms with Crippen molar-refractivity contribution in [2.45, 2.75) is 25.7 Å². The summed E-state index contributed by atoms with van der Waals surface area (Å²) in [6.07, 6.45) is 3.40. The lowest BCUT2D eigenvalue weighted by Crippen LogP contribution is -2.24. The second-order valence-electron chi connectivity index (χ2n) is 2.72. The third-order valence-electron chi connectivity index (χ3n) is 1.61. The van der Waals surface area contributed by atoms with Gasteiger partial charge in [0.15, 0.2) is 5.91 Å². The van der Waals surface area contributed by atoms with Crippen molar-refractivity contribution in [1.82, 2.24) is 10.0 Å². The molecule has 0 atom stereocenters. The Morgan fingerprint density at radius 3 is 2.50 bits per heavy atom. The van der Waals surface area contributed by atoms with Gasteiger partial charge in [-0.25, -0.2) is 0 Å². The maximum absolute atomic E-state index is 10.8. The second-order valence-corrected chi connectivity index (χ2v) is 2.72. The van der Waals surface area contributed by atoms with E-state index in [9.17, 15) is 4.79 Å². The summed E-state index contributed by atoms with van der Waals surface area (Å²) in [5.41, 5.74) is 0. The lowest BCUT2D eigenvalue weighted by atomic mass is 10.1. The normalized spacial score (nSPS) is 9.75. The van der Waals surface area contributed by atoms with Gasteiger partial charge < -0.3 is 10.0 Å². The summed E-state index contributed by atoms with van der Waals surface area (Å²) in [5.74, 6) is -0.209. The van der Waals surface area contributed by atoms with Crippen LogP contribution in [0.15, 0.2) is 0 Å². The molecule has 0 saturated carbocycles. The number of nitrogens with one attached hydrogen (secondary N) is 1. The fourth-order valence-electron chi connectivity index (χ4n) is 0.884. The van der Waals surface area contributed by atoms with Gasteiger partial charge in [-0.2, -0.15) is 0 Å². The van der Waals surface area contributed by atoms with E-state index in [1.807, 2.05) is 7.05 Å². The van der Waals surface area contributed by atoms with Crippen LogP contribution in [0.3, 0.4) is 0 Å². The van der Waals surface area contributed by atoms with Gasteiger partial charge in [0.2, 0.25) is 16.0 Å². The molecule has 0 aromatic carbocycles. The van der Waals surface area contributed by atoms with Gasteiger partial charge in [-0.15, -0.1) is 0 Å². The SMILES string of the molecule is [B]N([B])C(=O)CCCCCNC. The average molecular weight is 164 g/mol. The van der Waals surface area contributed by atoms with Crippen LogP contribution in [0.2, 0.25) is 0 Å². The predicted molar refractivity (Wildman–Crippen MR) is 50.7 cm³/mol. The summed E-state index contributed by atoms with van der Waals surface area (Å²) >= 11 is 0. The molecule has 3 nitrogen and oxygen atoms in total. The van der Waals surface area contributed by atoms with E-state index in [1.165, 1.54) is 0 Å². The van der Waals surface area contributed by atoms with Gasteiger partial charge in [-0.05, 0) is 26.4 Å². The molecule has 0 aliphatic heterocycles. The van der Waals surface area contributed by atoms with Gasteiger partial charge in [-0.3, -0.25) is 4.79 Å². The van der Waals surface area contributed by atoms with Gasteiger partial charge in [0, 0.05) is 6.42 Å². The molecule has 0 saturated heterocycles. The number of rotatable bonds is 6. The third kappa shape index (κ3) is 6.28. The number of hydrogen-bond acceptors (Lipinski definition) is 2. The second kappa shape index (κ2) is 7.22. The van der Waals surface area contributed by atoms with Gasteiger partial charge >= 0.3 is 0 Å². The molecule has 0 heterocycles. The summed E-state index contributed by atoms with van der Waals surface area (Å²) in [6, 6.07) is 0. The minimum absolute atomic E-state index is 0.209. The van der Waals surface area contributed by atoms with Crippen LogP contribution in [0.25, 0.3) is 0 Å². The van der Waals surface area contributed by atoms with Crippen molar-refractivity contribution in [1.29, 1.82) is 0 Å². The maximum atomic E-state index is 10.8. The van der Waals surface area contributed by atoms with E-state index in [0.29, 0.717) is 11.1 Å². The van der Waals surface area contributed by atoms with Crippen molar-refractivity contribution in [2.75, 3.05) is 13.6 Å². The lowest BCUT2D eigenvalue weighted by Gasteiger charge is -2.10. The minimum atomic E-state index is -0.209. The topological polar surface area (TPSA) is 32.3 Å². The number of amides is 1. The molecule has 0 bridgehead atoms. The van der Waals surface area contributed by atoms with Crippen molar-refractivity contribution in [3.8, 4) is 0 Å². The zero-order chi connectivity index (χ0) is 9.40. The number of nitrogens with zero attached hydrogens (tertiary/aromatic N) is 1. The largest absolute Gasteiger partial charge is 0.449 e. The first-order valence-corrected chi connectivity index (χ1v) is 4.15. The molecule has 0 aromatic heterocycles. The van der Waals surface area contributed by atoms with Gasteiger partial charge in [-0.1, -0.05) is 6.42 Å². The fourth-order valence-corrected chi connectivity index (χ4v) is 0.884. The first-order valence-electron chi connectivity index (χ1n) is 4.15. The zero-order valence-electron chi connectivity index (χ0n) is 7.55. The van der Waals surface area contributed by atoms with Crippen molar-refractivity contribution in [3.63, 3.8) is 0 Å². The van der Waals surface area contributed by atoms with Gasteiger partial charge in [0.1, 0.15) is 0 Å². The number of unbranched alkanes of at least 4 members (excludes halogenated alkanes) is 2. The Bertz CT molecular complexity index is 131. The number of carbonyl (C=O) groups excluding carboxylic acids is 1. The Morgan fingerprint density at radius 1 is 1.33 bits per heavy atom. The molecule has 0 aliphatic carbocycles. The van der Waals surface area contributed by atoms with Crippen LogP contribution in [0.1, 0.15) is 25.7 Å². The van der Waals surface area contributed by atoms with E-state index in [0.717, 1.165) is 25.8 Å². The number of hydrogen-bond donors (Lipinski definition) is 1. The summed E-state index contributed by atoms with van der Waals surface area (Å²) < 4.78 is 0.651. The highest BCUT2D eigenvalue weighted by atomic mass is 16.2. The van der Waals surface area contributed by atoms with E-state index in [1.54, 1.807) is 0 Å². The highest BCUT2D eigenvalue weighted by Crippen LogP contribution is 2.00. The molecule has 4 radical (unpaired) electrons. The van der Waals surface area contributed by atoms with Crippen molar-refractivity contribution in [2.24, 2.45) is 0 Å². The summed E-state index contributed by atoms with van der Waals surface area (Å²) in [7, 11) is 12.0. The zero-order valence-corrected chi connectivity index (χ0v) is 7.55. The first kappa shape index (κ1) is 11.6. The molecule has 0 rings (SSSR count). The molecule has 0 fully saturated rings. The monoisotopic (exact) mass is 164 g/mol. The Kier molecular flexibility index (Phi) is 6.96. The van der Waals surface area contributed by atoms with Crippen molar-refractivity contribution in [3.05, 3.63) is 0 Å². The van der Waals surface area contributed by atoms with Crippen LogP contribution in [0.5, 0.6) is 0 Å². The van der Waals surface area contributed by atoms with Crippen LogP contribution in [-0.4, -0.2) is 40.2 Å². The first-order chi connectivity index (χ1) is 5.68.